The summed E-state index contributed by atoms with van der Waals surface area (Å²) >= 11 is 0. The van der Waals surface area contributed by atoms with Crippen molar-refractivity contribution in [3.05, 3.63) is 12.2 Å². The standard InChI is InChI=1S/C11H23N/c1-6-12-11(5)8-10(4)7-9(2)3/h10-12H,2,6-8H2,1,3-5H3. The molecular weight excluding hydrogens is 146 g/mol. The lowest BCUT2D eigenvalue weighted by atomic mass is 9.96. The van der Waals surface area contributed by atoms with Gasteiger partial charge in [-0.15, -0.1) is 6.58 Å². The van der Waals surface area contributed by atoms with Gasteiger partial charge in [0.1, 0.15) is 0 Å². The molecule has 0 aliphatic heterocycles. The maximum absolute atomic E-state index is 3.93. The van der Waals surface area contributed by atoms with E-state index in [0.717, 1.165) is 18.9 Å². The predicted octanol–water partition coefficient (Wildman–Crippen LogP) is 2.98. The fourth-order valence-electron chi connectivity index (χ4n) is 1.71. The van der Waals surface area contributed by atoms with Gasteiger partial charge in [0.2, 0.25) is 0 Å². The highest BCUT2D eigenvalue weighted by Gasteiger charge is 2.07. The second-order valence-corrected chi connectivity index (χ2v) is 3.96. The van der Waals surface area contributed by atoms with Gasteiger partial charge < -0.3 is 5.32 Å². The first-order valence-electron chi connectivity index (χ1n) is 4.94. The van der Waals surface area contributed by atoms with E-state index in [4.69, 9.17) is 0 Å². The Labute approximate surface area is 77.2 Å². The summed E-state index contributed by atoms with van der Waals surface area (Å²) in [6, 6.07) is 0.643. The van der Waals surface area contributed by atoms with E-state index in [9.17, 15) is 0 Å². The Bertz CT molecular complexity index is 129. The highest BCUT2D eigenvalue weighted by molar-refractivity contribution is 4.89. The minimum Gasteiger partial charge on any atom is -0.315 e. The molecule has 1 nitrogen and oxygen atoms in total. The Kier molecular flexibility index (Phi) is 6.09. The molecule has 72 valence electrons. The Morgan fingerprint density at radius 3 is 2.42 bits per heavy atom. The lowest BCUT2D eigenvalue weighted by molar-refractivity contribution is 0.426. The van der Waals surface area contributed by atoms with Gasteiger partial charge >= 0.3 is 0 Å². The highest BCUT2D eigenvalue weighted by atomic mass is 14.9. The van der Waals surface area contributed by atoms with Crippen LogP contribution in [0.1, 0.15) is 40.5 Å². The quantitative estimate of drug-likeness (QED) is 0.603. The maximum atomic E-state index is 3.93. The molecule has 0 radical (unpaired) electrons. The fraction of sp³-hybridized carbons (Fsp3) is 0.818. The number of rotatable bonds is 6. The minimum atomic E-state index is 0.643. The van der Waals surface area contributed by atoms with Crippen molar-refractivity contribution in [2.24, 2.45) is 5.92 Å². The van der Waals surface area contributed by atoms with Gasteiger partial charge in [-0.1, -0.05) is 19.4 Å². The van der Waals surface area contributed by atoms with Crippen LogP contribution < -0.4 is 5.32 Å². The van der Waals surface area contributed by atoms with Gasteiger partial charge in [0.15, 0.2) is 0 Å². The van der Waals surface area contributed by atoms with Crippen LogP contribution in [0.15, 0.2) is 12.2 Å². The summed E-state index contributed by atoms with van der Waals surface area (Å²) in [6.07, 6.45) is 2.41. The van der Waals surface area contributed by atoms with Crippen molar-refractivity contribution in [3.63, 3.8) is 0 Å². The Morgan fingerprint density at radius 1 is 1.42 bits per heavy atom. The average Bonchev–Trinajstić information content (AvgIpc) is 1.84. The van der Waals surface area contributed by atoms with Crippen LogP contribution in [0, 0.1) is 5.92 Å². The van der Waals surface area contributed by atoms with Crippen molar-refractivity contribution in [1.29, 1.82) is 0 Å². The lowest BCUT2D eigenvalue weighted by Crippen LogP contribution is -2.27. The predicted molar refractivity (Wildman–Crippen MR) is 56.4 cm³/mol. The normalized spacial score (nSPS) is 15.7. The molecule has 2 unspecified atom stereocenters. The molecule has 12 heavy (non-hydrogen) atoms. The molecule has 1 heteroatoms. The summed E-state index contributed by atoms with van der Waals surface area (Å²) < 4.78 is 0. The van der Waals surface area contributed by atoms with Crippen molar-refractivity contribution >= 4 is 0 Å². The Balaban J connectivity index is 3.53. The molecule has 0 saturated carbocycles. The van der Waals surface area contributed by atoms with Crippen molar-refractivity contribution in [2.45, 2.75) is 46.6 Å². The first-order chi connectivity index (χ1) is 5.56. The molecule has 2 atom stereocenters. The third-order valence-electron chi connectivity index (χ3n) is 2.01. The second-order valence-electron chi connectivity index (χ2n) is 3.96. The van der Waals surface area contributed by atoms with E-state index in [0.29, 0.717) is 6.04 Å². The smallest absolute Gasteiger partial charge is 0.00412 e. The topological polar surface area (TPSA) is 12.0 Å². The first kappa shape index (κ1) is 11.7. The van der Waals surface area contributed by atoms with Crippen molar-refractivity contribution in [3.8, 4) is 0 Å². The monoisotopic (exact) mass is 169 g/mol. The summed E-state index contributed by atoms with van der Waals surface area (Å²) in [7, 11) is 0. The molecule has 0 fully saturated rings. The Hall–Kier alpha value is -0.300. The number of nitrogens with one attached hydrogen (secondary N) is 1. The third-order valence-corrected chi connectivity index (χ3v) is 2.01. The summed E-state index contributed by atoms with van der Waals surface area (Å²) in [5.74, 6) is 0.761. The number of hydrogen-bond acceptors (Lipinski definition) is 1. The van der Waals surface area contributed by atoms with E-state index in [-0.39, 0.29) is 0 Å². The molecule has 0 aliphatic carbocycles. The summed E-state index contributed by atoms with van der Waals surface area (Å²) in [4.78, 5) is 0. The van der Waals surface area contributed by atoms with Gasteiger partial charge in [-0.3, -0.25) is 0 Å². The van der Waals surface area contributed by atoms with Crippen LogP contribution in [0.3, 0.4) is 0 Å². The average molecular weight is 169 g/mol. The van der Waals surface area contributed by atoms with E-state index in [1.54, 1.807) is 0 Å². The number of allylic oxidation sites excluding steroid dienone is 1. The SMILES string of the molecule is C=C(C)CC(C)CC(C)NCC. The summed E-state index contributed by atoms with van der Waals surface area (Å²) in [5, 5.41) is 3.42. The molecular formula is C11H23N. The van der Waals surface area contributed by atoms with Gasteiger partial charge in [0, 0.05) is 6.04 Å². The lowest BCUT2D eigenvalue weighted by Gasteiger charge is -2.17. The molecule has 0 bridgehead atoms. The zero-order valence-corrected chi connectivity index (χ0v) is 8.98. The van der Waals surface area contributed by atoms with E-state index >= 15 is 0 Å². The van der Waals surface area contributed by atoms with Gasteiger partial charge in [-0.2, -0.15) is 0 Å². The molecule has 0 amide bonds. The Morgan fingerprint density at radius 2 is 2.00 bits per heavy atom. The molecule has 1 N–H and O–H groups in total. The molecule has 0 saturated heterocycles. The van der Waals surface area contributed by atoms with E-state index in [2.05, 4.69) is 39.6 Å². The molecule has 0 aromatic heterocycles. The van der Waals surface area contributed by atoms with Crippen LogP contribution in [0.25, 0.3) is 0 Å². The van der Waals surface area contributed by atoms with Gasteiger partial charge in [-0.25, -0.2) is 0 Å². The van der Waals surface area contributed by atoms with Crippen molar-refractivity contribution in [2.75, 3.05) is 6.54 Å². The van der Waals surface area contributed by atoms with Gasteiger partial charge in [0.25, 0.3) is 0 Å². The van der Waals surface area contributed by atoms with Gasteiger partial charge in [-0.05, 0) is 39.2 Å². The minimum absolute atomic E-state index is 0.643. The largest absolute Gasteiger partial charge is 0.315 e. The van der Waals surface area contributed by atoms with Gasteiger partial charge in [0.05, 0.1) is 0 Å². The van der Waals surface area contributed by atoms with Crippen LogP contribution in [0.2, 0.25) is 0 Å². The van der Waals surface area contributed by atoms with Crippen molar-refractivity contribution < 1.29 is 0 Å². The van der Waals surface area contributed by atoms with Crippen LogP contribution in [0.5, 0.6) is 0 Å². The molecule has 0 rings (SSSR count). The molecule has 0 aromatic rings. The van der Waals surface area contributed by atoms with Crippen molar-refractivity contribution in [1.82, 2.24) is 5.32 Å². The third kappa shape index (κ3) is 6.41. The summed E-state index contributed by atoms with van der Waals surface area (Å²) in [6.45, 7) is 13.8. The van der Waals surface area contributed by atoms with Crippen LogP contribution in [-0.2, 0) is 0 Å². The molecule has 0 heterocycles. The fourth-order valence-corrected chi connectivity index (χ4v) is 1.71. The first-order valence-corrected chi connectivity index (χ1v) is 4.94. The summed E-state index contributed by atoms with van der Waals surface area (Å²) in [5.41, 5.74) is 1.30. The molecule has 0 spiro atoms. The maximum Gasteiger partial charge on any atom is 0.00412 e. The zero-order valence-electron chi connectivity index (χ0n) is 8.98. The van der Waals surface area contributed by atoms with E-state index < -0.39 is 0 Å². The van der Waals surface area contributed by atoms with E-state index in [1.807, 2.05) is 0 Å². The number of hydrogen-bond donors (Lipinski definition) is 1. The van der Waals surface area contributed by atoms with Crippen LogP contribution >= 0.6 is 0 Å². The van der Waals surface area contributed by atoms with E-state index in [1.165, 1.54) is 12.0 Å². The zero-order chi connectivity index (χ0) is 9.56. The van der Waals surface area contributed by atoms with Crippen LogP contribution in [0.4, 0.5) is 0 Å². The van der Waals surface area contributed by atoms with Crippen LogP contribution in [-0.4, -0.2) is 12.6 Å². The second kappa shape index (κ2) is 6.24. The highest BCUT2D eigenvalue weighted by Crippen LogP contribution is 2.14. The molecule has 0 aromatic carbocycles. The molecule has 0 aliphatic rings.